The molecule has 2 heterocycles. The number of likely N-dealkylation sites (N-methyl/N-ethyl adjacent to an activating group) is 1. The lowest BCUT2D eigenvalue weighted by Gasteiger charge is -2.26. The van der Waals surface area contributed by atoms with Crippen molar-refractivity contribution in [2.45, 2.75) is 18.5 Å². The number of benzene rings is 1. The number of pyridine rings is 1. The molecule has 4 nitrogen and oxygen atoms in total. The SMILES string of the molecule is CN1CC[C@@H](Nc2ccc(C#N)nc2)[C@H]1c1ccccc1. The number of nitrogens with one attached hydrogen (secondary N) is 1. The smallest absolute Gasteiger partial charge is 0.140 e. The Hall–Kier alpha value is -2.38. The number of rotatable bonds is 3. The Morgan fingerprint density at radius 1 is 1.24 bits per heavy atom. The van der Waals surface area contributed by atoms with Crippen LogP contribution in [0.15, 0.2) is 48.7 Å². The molecule has 0 radical (unpaired) electrons. The minimum absolute atomic E-state index is 0.354. The van der Waals surface area contributed by atoms with E-state index in [1.807, 2.05) is 18.2 Å². The van der Waals surface area contributed by atoms with Crippen molar-refractivity contribution in [3.8, 4) is 6.07 Å². The highest BCUT2D eigenvalue weighted by Crippen LogP contribution is 2.32. The van der Waals surface area contributed by atoms with Crippen LogP contribution in [0.2, 0.25) is 0 Å². The van der Waals surface area contributed by atoms with Crippen LogP contribution in [-0.2, 0) is 0 Å². The number of hydrogen-bond donors (Lipinski definition) is 1. The zero-order valence-corrected chi connectivity index (χ0v) is 12.0. The van der Waals surface area contributed by atoms with Gasteiger partial charge in [0.05, 0.1) is 17.9 Å². The summed E-state index contributed by atoms with van der Waals surface area (Å²) in [7, 11) is 2.16. The lowest BCUT2D eigenvalue weighted by atomic mass is 10.00. The second kappa shape index (κ2) is 5.94. The Morgan fingerprint density at radius 2 is 2.05 bits per heavy atom. The molecule has 0 unspecified atom stereocenters. The van der Waals surface area contributed by atoms with Gasteiger partial charge in [0.2, 0.25) is 0 Å². The van der Waals surface area contributed by atoms with Crippen molar-refractivity contribution in [3.63, 3.8) is 0 Å². The molecule has 1 saturated heterocycles. The van der Waals surface area contributed by atoms with Gasteiger partial charge in [-0.25, -0.2) is 4.98 Å². The molecule has 1 aromatic carbocycles. The molecule has 0 bridgehead atoms. The molecule has 3 rings (SSSR count). The number of nitriles is 1. The fourth-order valence-corrected chi connectivity index (χ4v) is 2.99. The number of anilines is 1. The summed E-state index contributed by atoms with van der Waals surface area (Å²) in [5.74, 6) is 0. The van der Waals surface area contributed by atoms with E-state index in [2.05, 4.69) is 46.5 Å². The van der Waals surface area contributed by atoms with Crippen molar-refractivity contribution in [1.82, 2.24) is 9.88 Å². The summed E-state index contributed by atoms with van der Waals surface area (Å²) in [6, 6.07) is 17.0. The molecule has 0 spiro atoms. The lowest BCUT2D eigenvalue weighted by Crippen LogP contribution is -2.29. The van der Waals surface area contributed by atoms with E-state index in [0.29, 0.717) is 17.8 Å². The Bertz CT molecular complexity index is 630. The molecule has 4 heteroatoms. The first kappa shape index (κ1) is 13.6. The minimum Gasteiger partial charge on any atom is -0.379 e. The molecule has 1 fully saturated rings. The van der Waals surface area contributed by atoms with E-state index in [1.165, 1.54) is 5.56 Å². The van der Waals surface area contributed by atoms with E-state index in [1.54, 1.807) is 12.3 Å². The molecule has 2 atom stereocenters. The van der Waals surface area contributed by atoms with Gasteiger partial charge in [0.15, 0.2) is 0 Å². The maximum atomic E-state index is 8.80. The summed E-state index contributed by atoms with van der Waals surface area (Å²) >= 11 is 0. The van der Waals surface area contributed by atoms with Crippen LogP contribution < -0.4 is 5.32 Å². The number of likely N-dealkylation sites (tertiary alicyclic amines) is 1. The van der Waals surface area contributed by atoms with E-state index in [4.69, 9.17) is 5.26 Å². The number of hydrogen-bond acceptors (Lipinski definition) is 4. The molecule has 0 amide bonds. The molecule has 106 valence electrons. The Labute approximate surface area is 125 Å². The van der Waals surface area contributed by atoms with Gasteiger partial charge in [-0.3, -0.25) is 4.90 Å². The number of aromatic nitrogens is 1. The molecule has 1 aromatic heterocycles. The maximum absolute atomic E-state index is 8.80. The third kappa shape index (κ3) is 2.88. The third-order valence-electron chi connectivity index (χ3n) is 4.02. The van der Waals surface area contributed by atoms with Crippen molar-refractivity contribution in [2.24, 2.45) is 0 Å². The van der Waals surface area contributed by atoms with Crippen molar-refractivity contribution < 1.29 is 0 Å². The molecular formula is C17H18N4. The Morgan fingerprint density at radius 3 is 2.71 bits per heavy atom. The van der Waals surface area contributed by atoms with Gasteiger partial charge in [0.1, 0.15) is 11.8 Å². The zero-order valence-electron chi connectivity index (χ0n) is 12.0. The monoisotopic (exact) mass is 278 g/mol. The van der Waals surface area contributed by atoms with Crippen molar-refractivity contribution in [1.29, 1.82) is 5.26 Å². The predicted octanol–water partition coefficient (Wildman–Crippen LogP) is 2.81. The fourth-order valence-electron chi connectivity index (χ4n) is 2.99. The molecule has 1 aliphatic heterocycles. The van der Waals surface area contributed by atoms with Crippen molar-refractivity contribution in [2.75, 3.05) is 18.9 Å². The van der Waals surface area contributed by atoms with Crippen LogP contribution in [0.4, 0.5) is 5.69 Å². The predicted molar refractivity (Wildman–Crippen MR) is 82.8 cm³/mol. The van der Waals surface area contributed by atoms with Crippen molar-refractivity contribution >= 4 is 5.69 Å². The van der Waals surface area contributed by atoms with E-state index in [0.717, 1.165) is 18.7 Å². The average Bonchev–Trinajstić information content (AvgIpc) is 2.89. The van der Waals surface area contributed by atoms with E-state index < -0.39 is 0 Å². The zero-order chi connectivity index (χ0) is 14.7. The van der Waals surface area contributed by atoms with Crippen LogP contribution in [-0.4, -0.2) is 29.5 Å². The summed E-state index contributed by atoms with van der Waals surface area (Å²) in [5, 5.41) is 12.4. The molecule has 0 saturated carbocycles. The van der Waals surface area contributed by atoms with Gasteiger partial charge in [0, 0.05) is 12.6 Å². The van der Waals surface area contributed by atoms with E-state index in [9.17, 15) is 0 Å². The largest absolute Gasteiger partial charge is 0.379 e. The first-order chi connectivity index (χ1) is 10.3. The number of nitrogens with zero attached hydrogens (tertiary/aromatic N) is 3. The van der Waals surface area contributed by atoms with E-state index in [-0.39, 0.29) is 0 Å². The highest BCUT2D eigenvalue weighted by Gasteiger charge is 2.32. The van der Waals surface area contributed by atoms with Crippen molar-refractivity contribution in [3.05, 3.63) is 59.9 Å². The average molecular weight is 278 g/mol. The third-order valence-corrected chi connectivity index (χ3v) is 4.02. The summed E-state index contributed by atoms with van der Waals surface area (Å²) < 4.78 is 0. The van der Waals surface area contributed by atoms with Crippen LogP contribution in [0.25, 0.3) is 0 Å². The molecule has 1 aliphatic rings. The van der Waals surface area contributed by atoms with Gasteiger partial charge in [-0.05, 0) is 31.2 Å². The summed E-state index contributed by atoms with van der Waals surface area (Å²) in [5.41, 5.74) is 2.75. The van der Waals surface area contributed by atoms with Gasteiger partial charge in [-0.2, -0.15) is 5.26 Å². The van der Waals surface area contributed by atoms with Crippen LogP contribution in [0.1, 0.15) is 23.7 Å². The van der Waals surface area contributed by atoms with Gasteiger partial charge < -0.3 is 5.32 Å². The first-order valence-corrected chi connectivity index (χ1v) is 7.16. The summed E-state index contributed by atoms with van der Waals surface area (Å²) in [4.78, 5) is 6.50. The Kier molecular flexibility index (Phi) is 3.85. The van der Waals surface area contributed by atoms with Gasteiger partial charge in [0.25, 0.3) is 0 Å². The Balaban J connectivity index is 1.79. The quantitative estimate of drug-likeness (QED) is 0.938. The summed E-state index contributed by atoms with van der Waals surface area (Å²) in [6.45, 7) is 1.07. The van der Waals surface area contributed by atoms with Crippen LogP contribution in [0.5, 0.6) is 0 Å². The van der Waals surface area contributed by atoms with Gasteiger partial charge in [-0.1, -0.05) is 30.3 Å². The standard InChI is InChI=1S/C17H18N4/c1-21-10-9-16(17(21)13-5-3-2-4-6-13)20-15-8-7-14(11-18)19-12-15/h2-8,12,16-17,20H,9-10H2,1H3/t16-,17-/m1/s1. The second-order valence-electron chi connectivity index (χ2n) is 5.42. The van der Waals surface area contributed by atoms with Crippen LogP contribution in [0, 0.1) is 11.3 Å². The van der Waals surface area contributed by atoms with Crippen LogP contribution >= 0.6 is 0 Å². The highest BCUT2D eigenvalue weighted by molar-refractivity contribution is 5.45. The molecule has 2 aromatic rings. The molecule has 21 heavy (non-hydrogen) atoms. The maximum Gasteiger partial charge on any atom is 0.140 e. The fraction of sp³-hybridized carbons (Fsp3) is 0.294. The topological polar surface area (TPSA) is 52.0 Å². The van der Waals surface area contributed by atoms with E-state index >= 15 is 0 Å². The lowest BCUT2D eigenvalue weighted by molar-refractivity contribution is 0.309. The van der Waals surface area contributed by atoms with Gasteiger partial charge in [-0.15, -0.1) is 0 Å². The summed E-state index contributed by atoms with van der Waals surface area (Å²) in [6.07, 6.45) is 2.83. The normalized spacial score (nSPS) is 21.9. The highest BCUT2D eigenvalue weighted by atomic mass is 15.2. The molecular weight excluding hydrogens is 260 g/mol. The second-order valence-corrected chi connectivity index (χ2v) is 5.42. The first-order valence-electron chi connectivity index (χ1n) is 7.16. The molecule has 0 aliphatic carbocycles. The van der Waals surface area contributed by atoms with Gasteiger partial charge >= 0.3 is 0 Å². The minimum atomic E-state index is 0.354. The molecule has 1 N–H and O–H groups in total. The van der Waals surface area contributed by atoms with Crippen LogP contribution in [0.3, 0.4) is 0 Å².